The van der Waals surface area contributed by atoms with Crippen molar-refractivity contribution in [3.05, 3.63) is 0 Å². The number of rotatable bonds is 3. The van der Waals surface area contributed by atoms with E-state index < -0.39 is 0 Å². The fourth-order valence-electron chi connectivity index (χ4n) is 3.54. The van der Waals surface area contributed by atoms with Crippen molar-refractivity contribution in [2.24, 2.45) is 16.8 Å². The van der Waals surface area contributed by atoms with Crippen LogP contribution in [0.3, 0.4) is 0 Å². The molecule has 0 radical (unpaired) electrons. The Hall–Kier alpha value is -1.26. The molecule has 3 N–H and O–H groups in total. The van der Waals surface area contributed by atoms with Crippen LogP contribution in [0.5, 0.6) is 0 Å². The number of amidine groups is 1. The van der Waals surface area contributed by atoms with Gasteiger partial charge in [0.15, 0.2) is 5.84 Å². The third-order valence-corrected chi connectivity index (χ3v) is 4.72. The van der Waals surface area contributed by atoms with E-state index in [1.54, 1.807) is 0 Å². The number of nitrogens with zero attached hydrogens (tertiary/aromatic N) is 2. The number of hydrogen-bond donors (Lipinski definition) is 2. The molecule has 2 rings (SSSR count). The Balaban J connectivity index is 1.94. The van der Waals surface area contributed by atoms with E-state index in [9.17, 15) is 4.79 Å². The number of oxime groups is 1. The van der Waals surface area contributed by atoms with Crippen molar-refractivity contribution in [3.63, 3.8) is 0 Å². The molecule has 1 saturated heterocycles. The second-order valence-corrected chi connectivity index (χ2v) is 6.19. The average Bonchev–Trinajstić information content (AvgIpc) is 2.75. The minimum atomic E-state index is -0.202. The maximum atomic E-state index is 12.5. The molecular weight excluding hydrogens is 254 g/mol. The number of carbonyl (C=O) groups is 1. The van der Waals surface area contributed by atoms with Gasteiger partial charge in [0.25, 0.3) is 0 Å². The molecule has 20 heavy (non-hydrogen) atoms. The smallest absolute Gasteiger partial charge is 0.223 e. The number of likely N-dealkylation sites (tertiary alicyclic amines) is 1. The maximum Gasteiger partial charge on any atom is 0.223 e. The van der Waals surface area contributed by atoms with Crippen molar-refractivity contribution in [2.75, 3.05) is 6.54 Å². The fourth-order valence-corrected chi connectivity index (χ4v) is 3.54. The van der Waals surface area contributed by atoms with Gasteiger partial charge in [0.05, 0.1) is 6.04 Å². The summed E-state index contributed by atoms with van der Waals surface area (Å²) >= 11 is 0. The largest absolute Gasteiger partial charge is 0.409 e. The van der Waals surface area contributed by atoms with Crippen molar-refractivity contribution in [3.8, 4) is 0 Å². The van der Waals surface area contributed by atoms with E-state index in [1.807, 2.05) is 4.90 Å². The monoisotopic (exact) mass is 281 g/mol. The van der Waals surface area contributed by atoms with Crippen LogP contribution >= 0.6 is 0 Å². The van der Waals surface area contributed by atoms with Gasteiger partial charge in [-0.15, -0.1) is 0 Å². The maximum absolute atomic E-state index is 12.5. The molecule has 114 valence electrons. The van der Waals surface area contributed by atoms with Gasteiger partial charge >= 0.3 is 0 Å². The summed E-state index contributed by atoms with van der Waals surface area (Å²) in [6.45, 7) is 0.742. The molecule has 1 amide bonds. The predicted molar refractivity (Wildman–Crippen MR) is 78.6 cm³/mol. The van der Waals surface area contributed by atoms with Gasteiger partial charge in [-0.2, -0.15) is 0 Å². The van der Waals surface area contributed by atoms with Crippen LogP contribution in [-0.4, -0.2) is 34.4 Å². The van der Waals surface area contributed by atoms with E-state index >= 15 is 0 Å². The van der Waals surface area contributed by atoms with Gasteiger partial charge in [-0.3, -0.25) is 4.79 Å². The first-order valence-electron chi connectivity index (χ1n) is 7.99. The molecule has 1 unspecified atom stereocenters. The van der Waals surface area contributed by atoms with Gasteiger partial charge in [0.2, 0.25) is 5.91 Å². The van der Waals surface area contributed by atoms with Crippen molar-refractivity contribution < 1.29 is 10.0 Å². The molecule has 1 heterocycles. The summed E-state index contributed by atoms with van der Waals surface area (Å²) < 4.78 is 0. The Morgan fingerprint density at radius 2 is 1.75 bits per heavy atom. The van der Waals surface area contributed by atoms with Gasteiger partial charge in [0.1, 0.15) is 0 Å². The van der Waals surface area contributed by atoms with E-state index in [-0.39, 0.29) is 17.8 Å². The van der Waals surface area contributed by atoms with E-state index in [0.29, 0.717) is 12.3 Å². The van der Waals surface area contributed by atoms with Crippen LogP contribution in [0.15, 0.2) is 5.16 Å². The van der Waals surface area contributed by atoms with Crippen LogP contribution in [0.25, 0.3) is 0 Å². The molecule has 5 heteroatoms. The predicted octanol–water partition coefficient (Wildman–Crippen LogP) is 2.47. The highest BCUT2D eigenvalue weighted by Crippen LogP contribution is 2.27. The SMILES string of the molecule is NC(=NO)C1CCCCN1C(=O)CC1CCCCCC1. The van der Waals surface area contributed by atoms with Crippen LogP contribution < -0.4 is 5.73 Å². The third kappa shape index (κ3) is 3.87. The lowest BCUT2D eigenvalue weighted by molar-refractivity contribution is -0.134. The Kier molecular flexibility index (Phi) is 5.68. The fraction of sp³-hybridized carbons (Fsp3) is 0.867. The lowest BCUT2D eigenvalue weighted by Crippen LogP contribution is -2.50. The molecule has 1 aliphatic carbocycles. The molecule has 1 saturated carbocycles. The van der Waals surface area contributed by atoms with E-state index in [0.717, 1.165) is 25.8 Å². The molecule has 2 aliphatic rings. The van der Waals surface area contributed by atoms with Crippen LogP contribution in [0.1, 0.15) is 64.2 Å². The molecule has 0 aromatic carbocycles. The van der Waals surface area contributed by atoms with Crippen molar-refractivity contribution in [1.82, 2.24) is 4.90 Å². The number of hydrogen-bond acceptors (Lipinski definition) is 3. The van der Waals surface area contributed by atoms with Gasteiger partial charge in [-0.05, 0) is 38.0 Å². The van der Waals surface area contributed by atoms with Gasteiger partial charge < -0.3 is 15.8 Å². The Bertz CT molecular complexity index is 349. The molecule has 0 aromatic heterocycles. The Morgan fingerprint density at radius 1 is 1.10 bits per heavy atom. The van der Waals surface area contributed by atoms with Gasteiger partial charge in [-0.25, -0.2) is 0 Å². The normalized spacial score (nSPS) is 26.3. The lowest BCUT2D eigenvalue weighted by atomic mass is 9.94. The molecule has 2 fully saturated rings. The Labute approximate surface area is 121 Å². The van der Waals surface area contributed by atoms with E-state index in [1.165, 1.54) is 38.5 Å². The minimum Gasteiger partial charge on any atom is -0.409 e. The number of carbonyl (C=O) groups excluding carboxylic acids is 1. The average molecular weight is 281 g/mol. The summed E-state index contributed by atoms with van der Waals surface area (Å²) in [6.07, 6.45) is 11.0. The first-order valence-corrected chi connectivity index (χ1v) is 7.99. The van der Waals surface area contributed by atoms with Crippen LogP contribution in [-0.2, 0) is 4.79 Å². The number of piperidine rings is 1. The zero-order valence-corrected chi connectivity index (χ0v) is 12.3. The highest BCUT2D eigenvalue weighted by atomic mass is 16.4. The number of nitrogens with two attached hydrogens (primary N) is 1. The summed E-state index contributed by atoms with van der Waals surface area (Å²) in [5, 5.41) is 12.0. The molecular formula is C15H27N3O2. The summed E-state index contributed by atoms with van der Waals surface area (Å²) in [6, 6.07) is -0.202. The van der Waals surface area contributed by atoms with Gasteiger partial charge in [-0.1, -0.05) is 30.8 Å². The molecule has 1 atom stereocenters. The summed E-state index contributed by atoms with van der Waals surface area (Å²) in [7, 11) is 0. The standard InChI is InChI=1S/C15H27N3O2/c16-15(17-20)13-9-5-6-10-18(13)14(19)11-12-7-3-1-2-4-8-12/h12-13,20H,1-11H2,(H2,16,17). The zero-order valence-electron chi connectivity index (χ0n) is 12.3. The molecule has 1 aliphatic heterocycles. The highest BCUT2D eigenvalue weighted by molar-refractivity contribution is 5.90. The minimum absolute atomic E-state index is 0.180. The summed E-state index contributed by atoms with van der Waals surface area (Å²) in [4.78, 5) is 14.4. The molecule has 5 nitrogen and oxygen atoms in total. The summed E-state index contributed by atoms with van der Waals surface area (Å²) in [5.41, 5.74) is 5.74. The first kappa shape index (κ1) is 15.1. The van der Waals surface area contributed by atoms with Crippen molar-refractivity contribution >= 4 is 11.7 Å². The quantitative estimate of drug-likeness (QED) is 0.274. The number of amides is 1. The topological polar surface area (TPSA) is 78.9 Å². The van der Waals surface area contributed by atoms with Crippen molar-refractivity contribution in [1.29, 1.82) is 0 Å². The second-order valence-electron chi connectivity index (χ2n) is 6.19. The highest BCUT2D eigenvalue weighted by Gasteiger charge is 2.30. The molecule has 0 aromatic rings. The Morgan fingerprint density at radius 3 is 2.40 bits per heavy atom. The second kappa shape index (κ2) is 7.50. The first-order chi connectivity index (χ1) is 9.72. The van der Waals surface area contributed by atoms with Crippen LogP contribution in [0.4, 0.5) is 0 Å². The van der Waals surface area contributed by atoms with Gasteiger partial charge in [0, 0.05) is 13.0 Å². The lowest BCUT2D eigenvalue weighted by Gasteiger charge is -2.35. The van der Waals surface area contributed by atoms with E-state index in [4.69, 9.17) is 10.9 Å². The van der Waals surface area contributed by atoms with Crippen molar-refractivity contribution in [2.45, 2.75) is 70.3 Å². The zero-order chi connectivity index (χ0) is 14.4. The van der Waals surface area contributed by atoms with E-state index in [2.05, 4.69) is 5.16 Å². The summed E-state index contributed by atoms with van der Waals surface area (Å²) in [5.74, 6) is 0.895. The molecule has 0 spiro atoms. The molecule has 0 bridgehead atoms. The van der Waals surface area contributed by atoms with Crippen LogP contribution in [0, 0.1) is 5.92 Å². The van der Waals surface area contributed by atoms with Crippen LogP contribution in [0.2, 0.25) is 0 Å². The third-order valence-electron chi connectivity index (χ3n) is 4.72.